The fourth-order valence-electron chi connectivity index (χ4n) is 1.92. The van der Waals surface area contributed by atoms with Crippen molar-refractivity contribution in [1.29, 1.82) is 0 Å². The Morgan fingerprint density at radius 1 is 1.21 bits per heavy atom. The first kappa shape index (κ1) is 15.9. The number of hydrogen-bond acceptors (Lipinski definition) is 3. The van der Waals surface area contributed by atoms with Crippen LogP contribution in [0, 0.1) is 5.92 Å². The van der Waals surface area contributed by atoms with Gasteiger partial charge in [0.1, 0.15) is 5.75 Å². The van der Waals surface area contributed by atoms with Gasteiger partial charge in [-0.1, -0.05) is 19.1 Å². The van der Waals surface area contributed by atoms with Crippen molar-refractivity contribution in [2.75, 3.05) is 6.54 Å². The smallest absolute Gasteiger partial charge is 0.387 e. The molecule has 1 aromatic rings. The minimum absolute atomic E-state index is 0.168. The zero-order valence-electron chi connectivity index (χ0n) is 11.3. The molecule has 2 N–H and O–H groups in total. The fraction of sp³-hybridized carbons (Fsp3) is 0.571. The van der Waals surface area contributed by atoms with Gasteiger partial charge in [0, 0.05) is 6.54 Å². The molecule has 0 saturated heterocycles. The summed E-state index contributed by atoms with van der Waals surface area (Å²) in [5.41, 5.74) is 1.01. The standard InChI is InChI=1S/C14H21F2NO2/c1-10(7-11(2)18)8-17-9-12-3-5-13(6-4-12)19-14(15)16/h3-6,10-11,14,17-18H,7-9H2,1-2H3. The highest BCUT2D eigenvalue weighted by Crippen LogP contribution is 2.14. The highest BCUT2D eigenvalue weighted by atomic mass is 19.3. The van der Waals surface area contributed by atoms with E-state index in [1.807, 2.05) is 0 Å². The van der Waals surface area contributed by atoms with Crippen molar-refractivity contribution in [1.82, 2.24) is 5.32 Å². The van der Waals surface area contributed by atoms with Crippen LogP contribution in [0.4, 0.5) is 8.78 Å². The van der Waals surface area contributed by atoms with Gasteiger partial charge >= 0.3 is 6.61 Å². The quantitative estimate of drug-likeness (QED) is 0.765. The fourth-order valence-corrected chi connectivity index (χ4v) is 1.92. The van der Waals surface area contributed by atoms with Crippen molar-refractivity contribution in [2.45, 2.75) is 39.5 Å². The summed E-state index contributed by atoms with van der Waals surface area (Å²) in [7, 11) is 0. The van der Waals surface area contributed by atoms with E-state index in [-0.39, 0.29) is 11.9 Å². The molecule has 0 spiro atoms. The average Bonchev–Trinajstić information content (AvgIpc) is 2.29. The summed E-state index contributed by atoms with van der Waals surface area (Å²) in [4.78, 5) is 0. The van der Waals surface area contributed by atoms with Crippen molar-refractivity contribution in [3.63, 3.8) is 0 Å². The van der Waals surface area contributed by atoms with Gasteiger partial charge in [-0.2, -0.15) is 8.78 Å². The summed E-state index contributed by atoms with van der Waals surface area (Å²) in [6, 6.07) is 6.57. The molecule has 0 bridgehead atoms. The van der Waals surface area contributed by atoms with E-state index in [1.165, 1.54) is 12.1 Å². The molecule has 0 aromatic heterocycles. The normalized spacial score (nSPS) is 14.4. The maximum Gasteiger partial charge on any atom is 0.387 e. The molecule has 0 aliphatic heterocycles. The van der Waals surface area contributed by atoms with Crippen molar-refractivity contribution < 1.29 is 18.6 Å². The number of nitrogens with one attached hydrogen (secondary N) is 1. The van der Waals surface area contributed by atoms with Crippen molar-refractivity contribution in [2.24, 2.45) is 5.92 Å². The van der Waals surface area contributed by atoms with E-state index in [9.17, 15) is 13.9 Å². The van der Waals surface area contributed by atoms with Gasteiger partial charge in [-0.05, 0) is 43.5 Å². The predicted octanol–water partition coefficient (Wildman–Crippen LogP) is 2.78. The minimum Gasteiger partial charge on any atom is -0.435 e. The molecule has 0 fully saturated rings. The van der Waals surface area contributed by atoms with Crippen LogP contribution in [0.5, 0.6) is 5.75 Å². The maximum absolute atomic E-state index is 12.0. The number of aliphatic hydroxyl groups excluding tert-OH is 1. The molecule has 2 atom stereocenters. The molecule has 0 amide bonds. The Kier molecular flexibility index (Phi) is 6.73. The number of rotatable bonds is 8. The van der Waals surface area contributed by atoms with Crippen LogP contribution in [0.2, 0.25) is 0 Å². The Morgan fingerprint density at radius 3 is 2.37 bits per heavy atom. The largest absolute Gasteiger partial charge is 0.435 e. The first-order chi connectivity index (χ1) is 8.97. The SMILES string of the molecule is CC(O)CC(C)CNCc1ccc(OC(F)F)cc1. The van der Waals surface area contributed by atoms with E-state index >= 15 is 0 Å². The van der Waals surface area contributed by atoms with Crippen molar-refractivity contribution in [3.8, 4) is 5.75 Å². The van der Waals surface area contributed by atoms with Crippen LogP contribution in [0.25, 0.3) is 0 Å². The molecule has 0 aliphatic carbocycles. The summed E-state index contributed by atoms with van der Waals surface area (Å²) in [5, 5.41) is 12.5. The van der Waals surface area contributed by atoms with E-state index in [1.54, 1.807) is 19.1 Å². The average molecular weight is 273 g/mol. The second-order valence-corrected chi connectivity index (χ2v) is 4.84. The van der Waals surface area contributed by atoms with Gasteiger partial charge in [0.05, 0.1) is 6.10 Å². The highest BCUT2D eigenvalue weighted by molar-refractivity contribution is 5.27. The van der Waals surface area contributed by atoms with Gasteiger partial charge in [0.25, 0.3) is 0 Å². The summed E-state index contributed by atoms with van der Waals surface area (Å²) in [6.07, 6.45) is 0.469. The third kappa shape index (κ3) is 7.08. The lowest BCUT2D eigenvalue weighted by Crippen LogP contribution is -2.23. The third-order valence-electron chi connectivity index (χ3n) is 2.71. The van der Waals surface area contributed by atoms with Crippen LogP contribution in [0.3, 0.4) is 0 Å². The molecule has 0 saturated carbocycles. The second-order valence-electron chi connectivity index (χ2n) is 4.84. The number of ether oxygens (including phenoxy) is 1. The van der Waals surface area contributed by atoms with Gasteiger partial charge in [0.15, 0.2) is 0 Å². The molecule has 19 heavy (non-hydrogen) atoms. The van der Waals surface area contributed by atoms with Crippen LogP contribution in [0.1, 0.15) is 25.8 Å². The van der Waals surface area contributed by atoms with E-state index in [0.29, 0.717) is 12.5 Å². The summed E-state index contributed by atoms with van der Waals surface area (Å²) in [5.74, 6) is 0.558. The predicted molar refractivity (Wildman–Crippen MR) is 70.2 cm³/mol. The molecule has 3 nitrogen and oxygen atoms in total. The first-order valence-corrected chi connectivity index (χ1v) is 6.40. The van der Waals surface area contributed by atoms with Crippen LogP contribution >= 0.6 is 0 Å². The summed E-state index contributed by atoms with van der Waals surface area (Å²) >= 11 is 0. The molecule has 0 heterocycles. The van der Waals surface area contributed by atoms with Gasteiger partial charge < -0.3 is 15.2 Å². The Bertz CT molecular complexity index is 355. The Morgan fingerprint density at radius 2 is 1.84 bits per heavy atom. The zero-order chi connectivity index (χ0) is 14.3. The van der Waals surface area contributed by atoms with E-state index in [0.717, 1.165) is 18.5 Å². The van der Waals surface area contributed by atoms with Gasteiger partial charge in [0.2, 0.25) is 0 Å². The molecule has 108 valence electrons. The lowest BCUT2D eigenvalue weighted by Gasteiger charge is -2.14. The molecular weight excluding hydrogens is 252 g/mol. The number of aliphatic hydroxyl groups is 1. The molecule has 5 heteroatoms. The molecule has 2 unspecified atom stereocenters. The number of benzene rings is 1. The number of alkyl halides is 2. The molecule has 1 aromatic carbocycles. The lowest BCUT2D eigenvalue weighted by atomic mass is 10.0. The lowest BCUT2D eigenvalue weighted by molar-refractivity contribution is -0.0498. The first-order valence-electron chi connectivity index (χ1n) is 6.40. The van der Waals surface area contributed by atoms with Crippen LogP contribution in [-0.4, -0.2) is 24.4 Å². The van der Waals surface area contributed by atoms with Gasteiger partial charge in [-0.25, -0.2) is 0 Å². The summed E-state index contributed by atoms with van der Waals surface area (Å²) < 4.78 is 28.2. The van der Waals surface area contributed by atoms with Crippen molar-refractivity contribution >= 4 is 0 Å². The monoisotopic (exact) mass is 273 g/mol. The Hall–Kier alpha value is -1.20. The second kappa shape index (κ2) is 8.07. The van der Waals surface area contributed by atoms with Crippen molar-refractivity contribution in [3.05, 3.63) is 29.8 Å². The number of halogens is 2. The minimum atomic E-state index is -2.79. The van der Waals surface area contributed by atoms with E-state index in [2.05, 4.69) is 17.0 Å². The topological polar surface area (TPSA) is 41.5 Å². The highest BCUT2D eigenvalue weighted by Gasteiger charge is 2.06. The van der Waals surface area contributed by atoms with Gasteiger partial charge in [-0.15, -0.1) is 0 Å². The molecular formula is C14H21F2NO2. The van der Waals surface area contributed by atoms with E-state index in [4.69, 9.17) is 0 Å². The zero-order valence-corrected chi connectivity index (χ0v) is 11.3. The maximum atomic E-state index is 12.0. The molecule has 0 radical (unpaired) electrons. The van der Waals surface area contributed by atoms with Gasteiger partial charge in [-0.3, -0.25) is 0 Å². The summed E-state index contributed by atoms with van der Waals surface area (Å²) in [6.45, 7) is 2.53. The Balaban J connectivity index is 2.30. The third-order valence-corrected chi connectivity index (χ3v) is 2.71. The van der Waals surface area contributed by atoms with Crippen LogP contribution in [0.15, 0.2) is 24.3 Å². The molecule has 0 aliphatic rings. The van der Waals surface area contributed by atoms with E-state index < -0.39 is 6.61 Å². The van der Waals surface area contributed by atoms with Crippen LogP contribution < -0.4 is 10.1 Å². The van der Waals surface area contributed by atoms with Crippen LogP contribution in [-0.2, 0) is 6.54 Å². The number of hydrogen-bond donors (Lipinski definition) is 2. The molecule has 1 rings (SSSR count). The Labute approximate surface area is 112 Å².